The minimum atomic E-state index is -0.126. The van der Waals surface area contributed by atoms with Gasteiger partial charge in [-0.15, -0.1) is 0 Å². The molecule has 0 atom stereocenters. The van der Waals surface area contributed by atoms with E-state index in [9.17, 15) is 9.59 Å². The first-order valence-corrected chi connectivity index (χ1v) is 4.96. The van der Waals surface area contributed by atoms with E-state index in [1.807, 2.05) is 18.2 Å². The normalized spacial score (nSPS) is 10.4. The molecule has 0 amide bonds. The summed E-state index contributed by atoms with van der Waals surface area (Å²) in [6.07, 6.45) is 2.87. The lowest BCUT2D eigenvalue weighted by atomic mass is 10.1. The van der Waals surface area contributed by atoms with E-state index in [1.54, 1.807) is 13.2 Å². The number of carbonyl (C=O) groups is 2. The van der Waals surface area contributed by atoms with E-state index in [2.05, 4.69) is 0 Å². The van der Waals surface area contributed by atoms with Crippen LogP contribution in [0, 0.1) is 0 Å². The Morgan fingerprint density at radius 1 is 1.31 bits per heavy atom. The highest BCUT2D eigenvalue weighted by atomic mass is 16.5. The molecular weight excluding hydrogens is 204 g/mol. The molecule has 0 saturated heterocycles. The molecule has 1 aromatic rings. The van der Waals surface area contributed by atoms with Crippen molar-refractivity contribution in [3.63, 3.8) is 0 Å². The van der Waals surface area contributed by atoms with Gasteiger partial charge in [-0.3, -0.25) is 9.59 Å². The van der Waals surface area contributed by atoms with Crippen molar-refractivity contribution in [1.29, 1.82) is 0 Å². The van der Waals surface area contributed by atoms with Crippen molar-refractivity contribution in [2.24, 2.45) is 0 Å². The van der Waals surface area contributed by atoms with Gasteiger partial charge < -0.3 is 4.74 Å². The Morgan fingerprint density at radius 2 is 2.06 bits per heavy atom. The van der Waals surface area contributed by atoms with Crippen molar-refractivity contribution < 1.29 is 14.3 Å². The SMILES string of the molecule is COc1cccc(CC(=O)/C=C\C(C)=O)c1. The van der Waals surface area contributed by atoms with Gasteiger partial charge in [0, 0.05) is 6.42 Å². The van der Waals surface area contributed by atoms with Crippen molar-refractivity contribution in [2.45, 2.75) is 13.3 Å². The molecule has 0 aliphatic carbocycles. The summed E-state index contributed by atoms with van der Waals surface area (Å²) in [6.45, 7) is 1.41. The van der Waals surface area contributed by atoms with Crippen molar-refractivity contribution in [1.82, 2.24) is 0 Å². The van der Waals surface area contributed by atoms with Gasteiger partial charge in [-0.1, -0.05) is 12.1 Å². The predicted molar refractivity (Wildman–Crippen MR) is 61.5 cm³/mol. The Balaban J connectivity index is 2.65. The number of hydrogen-bond donors (Lipinski definition) is 0. The summed E-state index contributed by atoms with van der Waals surface area (Å²) in [5.74, 6) is 0.503. The number of hydrogen-bond acceptors (Lipinski definition) is 3. The van der Waals surface area contributed by atoms with Gasteiger partial charge in [0.2, 0.25) is 0 Å². The van der Waals surface area contributed by atoms with Crippen LogP contribution in [0.1, 0.15) is 12.5 Å². The number of benzene rings is 1. The summed E-state index contributed by atoms with van der Waals surface area (Å²) >= 11 is 0. The second-order valence-corrected chi connectivity index (χ2v) is 3.44. The van der Waals surface area contributed by atoms with Crippen LogP contribution in [-0.4, -0.2) is 18.7 Å². The summed E-state index contributed by atoms with van der Waals surface area (Å²) in [7, 11) is 1.58. The van der Waals surface area contributed by atoms with E-state index in [4.69, 9.17) is 4.74 Å². The van der Waals surface area contributed by atoms with Gasteiger partial charge in [-0.2, -0.15) is 0 Å². The number of ether oxygens (including phenoxy) is 1. The van der Waals surface area contributed by atoms with E-state index in [1.165, 1.54) is 19.1 Å². The maximum Gasteiger partial charge on any atom is 0.160 e. The molecule has 16 heavy (non-hydrogen) atoms. The number of ketones is 2. The highest BCUT2D eigenvalue weighted by Crippen LogP contribution is 2.13. The fraction of sp³-hybridized carbons (Fsp3) is 0.231. The van der Waals surface area contributed by atoms with Crippen LogP contribution in [0.4, 0.5) is 0 Å². The molecule has 0 aliphatic heterocycles. The van der Waals surface area contributed by atoms with Gasteiger partial charge >= 0.3 is 0 Å². The van der Waals surface area contributed by atoms with Crippen molar-refractivity contribution in [3.05, 3.63) is 42.0 Å². The fourth-order valence-electron chi connectivity index (χ4n) is 1.25. The third-order valence-electron chi connectivity index (χ3n) is 2.02. The molecular formula is C13H14O3. The maximum absolute atomic E-state index is 11.4. The zero-order valence-corrected chi connectivity index (χ0v) is 9.40. The first kappa shape index (κ1) is 12.2. The lowest BCUT2D eigenvalue weighted by Crippen LogP contribution is -1.99. The lowest BCUT2D eigenvalue weighted by molar-refractivity contribution is -0.115. The van der Waals surface area contributed by atoms with Crippen molar-refractivity contribution in [2.75, 3.05) is 7.11 Å². The van der Waals surface area contributed by atoms with Crippen LogP contribution in [0.5, 0.6) is 5.75 Å². The van der Waals surface area contributed by atoms with Gasteiger partial charge in [0.15, 0.2) is 11.6 Å². The van der Waals surface area contributed by atoms with Crippen LogP contribution in [0.15, 0.2) is 36.4 Å². The topological polar surface area (TPSA) is 43.4 Å². The van der Waals surface area contributed by atoms with Gasteiger partial charge in [0.25, 0.3) is 0 Å². The first-order valence-electron chi connectivity index (χ1n) is 4.96. The van der Waals surface area contributed by atoms with Gasteiger partial charge in [-0.05, 0) is 36.8 Å². The highest BCUT2D eigenvalue weighted by molar-refractivity contribution is 5.98. The van der Waals surface area contributed by atoms with Gasteiger partial charge in [-0.25, -0.2) is 0 Å². The second-order valence-electron chi connectivity index (χ2n) is 3.44. The molecule has 0 bridgehead atoms. The number of methoxy groups -OCH3 is 1. The molecule has 0 saturated carbocycles. The molecule has 1 aromatic carbocycles. The molecule has 0 heterocycles. The van der Waals surface area contributed by atoms with Gasteiger partial charge in [0.05, 0.1) is 7.11 Å². The van der Waals surface area contributed by atoms with Crippen LogP contribution < -0.4 is 4.74 Å². The molecule has 3 heteroatoms. The Kier molecular flexibility index (Phi) is 4.45. The lowest BCUT2D eigenvalue weighted by Gasteiger charge is -2.02. The molecule has 3 nitrogen and oxygen atoms in total. The molecule has 0 spiro atoms. The van der Waals surface area contributed by atoms with Crippen LogP contribution in [0.3, 0.4) is 0 Å². The average Bonchev–Trinajstić information content (AvgIpc) is 2.26. The zero-order chi connectivity index (χ0) is 12.0. The van der Waals surface area contributed by atoms with Crippen LogP contribution in [0.25, 0.3) is 0 Å². The molecule has 0 radical (unpaired) electrons. The standard InChI is InChI=1S/C13H14O3/c1-10(14)6-7-12(15)8-11-4-3-5-13(9-11)16-2/h3-7,9H,8H2,1-2H3/b7-6-. The zero-order valence-electron chi connectivity index (χ0n) is 9.40. The maximum atomic E-state index is 11.4. The van der Waals surface area contributed by atoms with Crippen molar-refractivity contribution in [3.8, 4) is 5.75 Å². The van der Waals surface area contributed by atoms with Gasteiger partial charge in [0.1, 0.15) is 5.75 Å². The monoisotopic (exact) mass is 218 g/mol. The first-order chi connectivity index (χ1) is 7.61. The summed E-state index contributed by atoms with van der Waals surface area (Å²) in [5, 5.41) is 0. The van der Waals surface area contributed by atoms with E-state index >= 15 is 0 Å². The Bertz CT molecular complexity index is 419. The molecule has 0 unspecified atom stereocenters. The van der Waals surface area contributed by atoms with Crippen LogP contribution >= 0.6 is 0 Å². The third kappa shape index (κ3) is 4.09. The molecule has 0 fully saturated rings. The Morgan fingerprint density at radius 3 is 2.69 bits per heavy atom. The number of carbonyl (C=O) groups excluding carboxylic acids is 2. The second kappa shape index (κ2) is 5.85. The van der Waals surface area contributed by atoms with E-state index in [-0.39, 0.29) is 18.0 Å². The Hall–Kier alpha value is -1.90. The molecule has 84 valence electrons. The highest BCUT2D eigenvalue weighted by Gasteiger charge is 2.01. The number of allylic oxidation sites excluding steroid dienone is 2. The minimum absolute atomic E-state index is 0.0940. The molecule has 0 N–H and O–H groups in total. The van der Waals surface area contributed by atoms with E-state index in [0.29, 0.717) is 0 Å². The van der Waals surface area contributed by atoms with Crippen molar-refractivity contribution >= 4 is 11.6 Å². The third-order valence-corrected chi connectivity index (χ3v) is 2.02. The van der Waals surface area contributed by atoms with Crippen LogP contribution in [-0.2, 0) is 16.0 Å². The fourth-order valence-corrected chi connectivity index (χ4v) is 1.25. The summed E-state index contributed by atoms with van der Waals surface area (Å²) < 4.78 is 5.05. The van der Waals surface area contributed by atoms with E-state index in [0.717, 1.165) is 11.3 Å². The quantitative estimate of drug-likeness (QED) is 0.709. The molecule has 0 aliphatic rings. The summed E-state index contributed by atoms with van der Waals surface area (Å²) in [4.78, 5) is 22.1. The van der Waals surface area contributed by atoms with E-state index < -0.39 is 0 Å². The minimum Gasteiger partial charge on any atom is -0.497 e. The molecule has 0 aromatic heterocycles. The largest absolute Gasteiger partial charge is 0.497 e. The average molecular weight is 218 g/mol. The smallest absolute Gasteiger partial charge is 0.160 e. The Labute approximate surface area is 94.7 Å². The summed E-state index contributed by atoms with van der Waals surface area (Å²) in [5.41, 5.74) is 0.873. The number of rotatable bonds is 5. The molecule has 1 rings (SSSR count). The van der Waals surface area contributed by atoms with Crippen LogP contribution in [0.2, 0.25) is 0 Å². The predicted octanol–water partition coefficient (Wildman–Crippen LogP) is 1.95. The summed E-state index contributed by atoms with van der Waals surface area (Å²) in [6, 6.07) is 7.30.